The molecule has 4 heteroatoms. The lowest BCUT2D eigenvalue weighted by Crippen LogP contribution is -2.29. The fraction of sp³-hybridized carbons (Fsp3) is 0.200. The largest absolute Gasteiger partial charge is 0.396 e. The number of carbonyl (C=O) groups excluding carboxylic acids is 1. The van der Waals surface area contributed by atoms with Gasteiger partial charge >= 0.3 is 0 Å². The maximum absolute atomic E-state index is 12.6. The van der Waals surface area contributed by atoms with Crippen LogP contribution < -0.4 is 5.32 Å². The molecule has 0 radical (unpaired) electrons. The predicted octanol–water partition coefficient (Wildman–Crippen LogP) is 3.40. The zero-order chi connectivity index (χ0) is 16.9. The number of pyridine rings is 1. The van der Waals surface area contributed by atoms with E-state index in [-0.39, 0.29) is 18.6 Å². The van der Waals surface area contributed by atoms with E-state index in [2.05, 4.69) is 10.3 Å². The summed E-state index contributed by atoms with van der Waals surface area (Å²) in [5.74, 6) is -0.153. The minimum absolute atomic E-state index is 0.0146. The summed E-state index contributed by atoms with van der Waals surface area (Å²) in [7, 11) is 0. The Balaban J connectivity index is 1.83. The third-order valence-corrected chi connectivity index (χ3v) is 4.02. The number of nitrogens with zero attached hydrogens (tertiary/aromatic N) is 1. The quantitative estimate of drug-likeness (QED) is 0.757. The van der Waals surface area contributed by atoms with Gasteiger partial charge in [-0.25, -0.2) is 0 Å². The number of aliphatic hydroxyl groups is 1. The highest BCUT2D eigenvalue weighted by Gasteiger charge is 2.15. The Kier molecular flexibility index (Phi) is 4.87. The molecule has 0 spiro atoms. The molecule has 1 heterocycles. The van der Waals surface area contributed by atoms with E-state index >= 15 is 0 Å². The van der Waals surface area contributed by atoms with Gasteiger partial charge in [0.05, 0.1) is 11.6 Å². The SMILES string of the molecule is Cc1ccc2cc(C(=O)NC(CCO)c3ccccc3)ccc2n1. The molecule has 24 heavy (non-hydrogen) atoms. The molecule has 4 nitrogen and oxygen atoms in total. The number of hydrogen-bond acceptors (Lipinski definition) is 3. The molecule has 1 aromatic heterocycles. The number of fused-ring (bicyclic) bond motifs is 1. The molecule has 0 aliphatic heterocycles. The molecule has 2 aromatic carbocycles. The van der Waals surface area contributed by atoms with Gasteiger partial charge in [0, 0.05) is 23.3 Å². The highest BCUT2D eigenvalue weighted by molar-refractivity contribution is 5.98. The van der Waals surface area contributed by atoms with Crippen molar-refractivity contribution in [1.29, 1.82) is 0 Å². The zero-order valence-corrected chi connectivity index (χ0v) is 13.6. The van der Waals surface area contributed by atoms with Gasteiger partial charge in [-0.2, -0.15) is 0 Å². The summed E-state index contributed by atoms with van der Waals surface area (Å²) in [5, 5.41) is 13.2. The number of rotatable bonds is 5. The third kappa shape index (κ3) is 3.60. The van der Waals surface area contributed by atoms with Crippen molar-refractivity contribution in [3.63, 3.8) is 0 Å². The molecular formula is C20H20N2O2. The van der Waals surface area contributed by atoms with Crippen LogP contribution in [0.2, 0.25) is 0 Å². The first-order valence-electron chi connectivity index (χ1n) is 8.01. The maximum Gasteiger partial charge on any atom is 0.251 e. The third-order valence-electron chi connectivity index (χ3n) is 4.02. The summed E-state index contributed by atoms with van der Waals surface area (Å²) in [5.41, 5.74) is 3.40. The van der Waals surface area contributed by atoms with Crippen LogP contribution >= 0.6 is 0 Å². The molecule has 2 N–H and O–H groups in total. The number of carbonyl (C=O) groups is 1. The average Bonchev–Trinajstić information content (AvgIpc) is 2.61. The number of nitrogens with one attached hydrogen (secondary N) is 1. The number of amides is 1. The number of aromatic nitrogens is 1. The van der Waals surface area contributed by atoms with Gasteiger partial charge in [-0.05, 0) is 43.2 Å². The summed E-state index contributed by atoms with van der Waals surface area (Å²) in [6.07, 6.45) is 0.476. The number of benzene rings is 2. The maximum atomic E-state index is 12.6. The van der Waals surface area contributed by atoms with Crippen molar-refractivity contribution >= 4 is 16.8 Å². The van der Waals surface area contributed by atoms with Crippen molar-refractivity contribution in [3.8, 4) is 0 Å². The van der Waals surface area contributed by atoms with E-state index in [1.165, 1.54) is 0 Å². The van der Waals surface area contributed by atoms with E-state index in [1.54, 1.807) is 6.07 Å². The van der Waals surface area contributed by atoms with Crippen LogP contribution in [-0.2, 0) is 0 Å². The van der Waals surface area contributed by atoms with Gasteiger partial charge in [0.2, 0.25) is 0 Å². The van der Waals surface area contributed by atoms with Crippen LogP contribution in [0.25, 0.3) is 10.9 Å². The summed E-state index contributed by atoms with van der Waals surface area (Å²) in [6.45, 7) is 1.96. The standard InChI is InChI=1S/C20H20N2O2/c1-14-7-8-16-13-17(9-10-18(16)21-14)20(24)22-19(11-12-23)15-5-3-2-4-6-15/h2-10,13,19,23H,11-12H2,1H3,(H,22,24). The first-order valence-corrected chi connectivity index (χ1v) is 8.01. The minimum Gasteiger partial charge on any atom is -0.396 e. The van der Waals surface area contributed by atoms with Gasteiger partial charge < -0.3 is 10.4 Å². The Bertz CT molecular complexity index is 847. The lowest BCUT2D eigenvalue weighted by Gasteiger charge is -2.18. The molecule has 122 valence electrons. The Hall–Kier alpha value is -2.72. The van der Waals surface area contributed by atoms with E-state index in [4.69, 9.17) is 0 Å². The van der Waals surface area contributed by atoms with Gasteiger partial charge in [0.1, 0.15) is 0 Å². The summed E-state index contributed by atoms with van der Waals surface area (Å²) in [6, 6.07) is 18.9. The molecule has 0 bridgehead atoms. The van der Waals surface area contributed by atoms with Crippen LogP contribution in [-0.4, -0.2) is 22.6 Å². The normalized spacial score (nSPS) is 12.1. The fourth-order valence-corrected chi connectivity index (χ4v) is 2.75. The van der Waals surface area contributed by atoms with E-state index in [1.807, 2.05) is 61.5 Å². The van der Waals surface area contributed by atoms with Crippen molar-refractivity contribution in [2.24, 2.45) is 0 Å². The van der Waals surface area contributed by atoms with Crippen molar-refractivity contribution in [3.05, 3.63) is 77.5 Å². The summed E-state index contributed by atoms with van der Waals surface area (Å²) < 4.78 is 0. The van der Waals surface area contributed by atoms with Gasteiger partial charge in [-0.1, -0.05) is 36.4 Å². The molecule has 0 fully saturated rings. The Morgan fingerprint density at radius 3 is 2.67 bits per heavy atom. The molecular weight excluding hydrogens is 300 g/mol. The van der Waals surface area contributed by atoms with Crippen LogP contribution in [0.4, 0.5) is 0 Å². The highest BCUT2D eigenvalue weighted by Crippen LogP contribution is 2.19. The van der Waals surface area contributed by atoms with Crippen molar-refractivity contribution in [2.75, 3.05) is 6.61 Å². The van der Waals surface area contributed by atoms with Gasteiger partial charge in [-0.3, -0.25) is 9.78 Å². The number of aliphatic hydroxyl groups excluding tert-OH is 1. The zero-order valence-electron chi connectivity index (χ0n) is 13.6. The predicted molar refractivity (Wildman–Crippen MR) is 94.8 cm³/mol. The lowest BCUT2D eigenvalue weighted by molar-refractivity contribution is 0.0930. The summed E-state index contributed by atoms with van der Waals surface area (Å²) in [4.78, 5) is 17.0. The molecule has 0 saturated carbocycles. The van der Waals surface area contributed by atoms with Crippen LogP contribution in [0.5, 0.6) is 0 Å². The molecule has 3 aromatic rings. The molecule has 0 aliphatic rings. The molecule has 1 atom stereocenters. The second-order valence-corrected chi connectivity index (χ2v) is 5.81. The van der Waals surface area contributed by atoms with Crippen LogP contribution in [0.1, 0.15) is 34.1 Å². The van der Waals surface area contributed by atoms with Crippen LogP contribution in [0.15, 0.2) is 60.7 Å². The van der Waals surface area contributed by atoms with Crippen LogP contribution in [0.3, 0.4) is 0 Å². The van der Waals surface area contributed by atoms with E-state index < -0.39 is 0 Å². The number of aryl methyl sites for hydroxylation is 1. The van der Waals surface area contributed by atoms with Gasteiger partial charge in [-0.15, -0.1) is 0 Å². The highest BCUT2D eigenvalue weighted by atomic mass is 16.3. The van der Waals surface area contributed by atoms with Crippen molar-refractivity contribution in [1.82, 2.24) is 10.3 Å². The number of hydrogen-bond donors (Lipinski definition) is 2. The van der Waals surface area contributed by atoms with Gasteiger partial charge in [0.25, 0.3) is 5.91 Å². The molecule has 1 unspecified atom stereocenters. The van der Waals surface area contributed by atoms with E-state index in [0.717, 1.165) is 22.2 Å². The Morgan fingerprint density at radius 2 is 1.92 bits per heavy atom. The summed E-state index contributed by atoms with van der Waals surface area (Å²) >= 11 is 0. The van der Waals surface area contributed by atoms with Gasteiger partial charge in [0.15, 0.2) is 0 Å². The minimum atomic E-state index is -0.212. The van der Waals surface area contributed by atoms with E-state index in [0.29, 0.717) is 12.0 Å². The Labute approximate surface area is 141 Å². The first kappa shape index (κ1) is 16.1. The van der Waals surface area contributed by atoms with Crippen molar-refractivity contribution < 1.29 is 9.90 Å². The van der Waals surface area contributed by atoms with Crippen LogP contribution in [0, 0.1) is 6.92 Å². The monoisotopic (exact) mass is 320 g/mol. The molecule has 3 rings (SSSR count). The second kappa shape index (κ2) is 7.23. The second-order valence-electron chi connectivity index (χ2n) is 5.81. The first-order chi connectivity index (χ1) is 11.7. The Morgan fingerprint density at radius 1 is 1.12 bits per heavy atom. The molecule has 0 saturated heterocycles. The molecule has 1 amide bonds. The topological polar surface area (TPSA) is 62.2 Å². The fourth-order valence-electron chi connectivity index (χ4n) is 2.75. The van der Waals surface area contributed by atoms with Crippen molar-refractivity contribution in [2.45, 2.75) is 19.4 Å². The lowest BCUT2D eigenvalue weighted by atomic mass is 10.0. The molecule has 0 aliphatic carbocycles. The average molecular weight is 320 g/mol. The van der Waals surface area contributed by atoms with E-state index in [9.17, 15) is 9.90 Å². The smallest absolute Gasteiger partial charge is 0.251 e.